The Morgan fingerprint density at radius 2 is 1.86 bits per heavy atom. The summed E-state index contributed by atoms with van der Waals surface area (Å²) in [6.07, 6.45) is 1.27. The number of ether oxygens (including phenoxy) is 1. The maximum Gasteiger partial charge on any atom is 0.335 e. The van der Waals surface area contributed by atoms with Gasteiger partial charge < -0.3 is 4.74 Å². The Hall–Kier alpha value is -3.12. The number of hydrogen-bond acceptors (Lipinski definition) is 4. The summed E-state index contributed by atoms with van der Waals surface area (Å²) in [5, 5.41) is 2.64. The van der Waals surface area contributed by atoms with E-state index in [9.17, 15) is 14.4 Å². The second-order valence-corrected chi connectivity index (χ2v) is 7.08. The highest BCUT2D eigenvalue weighted by Crippen LogP contribution is 2.28. The zero-order valence-corrected chi connectivity index (χ0v) is 16.4. The van der Waals surface area contributed by atoms with E-state index >= 15 is 0 Å². The molecule has 0 radical (unpaired) electrons. The van der Waals surface area contributed by atoms with Crippen LogP contribution in [0.4, 0.5) is 10.5 Å². The van der Waals surface area contributed by atoms with Crippen LogP contribution in [-0.2, 0) is 9.59 Å². The van der Waals surface area contributed by atoms with E-state index in [-0.39, 0.29) is 11.7 Å². The van der Waals surface area contributed by atoms with E-state index in [0.29, 0.717) is 22.0 Å². The minimum absolute atomic E-state index is 0.112. The Morgan fingerprint density at radius 1 is 1.11 bits per heavy atom. The molecule has 1 aliphatic rings. The number of benzene rings is 2. The van der Waals surface area contributed by atoms with Crippen LogP contribution in [0.1, 0.15) is 25.0 Å². The summed E-state index contributed by atoms with van der Waals surface area (Å²) in [7, 11) is 0. The van der Waals surface area contributed by atoms with E-state index in [4.69, 9.17) is 16.3 Å². The lowest BCUT2D eigenvalue weighted by molar-refractivity contribution is -0.122. The highest BCUT2D eigenvalue weighted by molar-refractivity contribution is 6.39. The third-order valence-electron chi connectivity index (χ3n) is 4.00. The number of anilines is 1. The van der Waals surface area contributed by atoms with Gasteiger partial charge in [-0.1, -0.05) is 23.7 Å². The van der Waals surface area contributed by atoms with Crippen molar-refractivity contribution in [1.29, 1.82) is 0 Å². The zero-order chi connectivity index (χ0) is 20.4. The van der Waals surface area contributed by atoms with E-state index in [0.717, 1.165) is 10.5 Å². The predicted molar refractivity (Wildman–Crippen MR) is 107 cm³/mol. The van der Waals surface area contributed by atoms with Crippen molar-refractivity contribution in [3.05, 3.63) is 64.2 Å². The van der Waals surface area contributed by atoms with Crippen molar-refractivity contribution in [2.75, 3.05) is 4.90 Å². The first-order chi connectivity index (χ1) is 13.3. The number of urea groups is 1. The van der Waals surface area contributed by atoms with Gasteiger partial charge in [0.15, 0.2) is 0 Å². The van der Waals surface area contributed by atoms with E-state index in [1.807, 2.05) is 26.8 Å². The summed E-state index contributed by atoms with van der Waals surface area (Å²) in [5.74, 6) is -1.00. The molecule has 0 bridgehead atoms. The highest BCUT2D eigenvalue weighted by Gasteiger charge is 2.37. The largest absolute Gasteiger partial charge is 0.490 e. The zero-order valence-electron chi connectivity index (χ0n) is 15.7. The molecule has 1 fully saturated rings. The second kappa shape index (κ2) is 7.86. The van der Waals surface area contributed by atoms with Crippen LogP contribution in [0.5, 0.6) is 5.75 Å². The fourth-order valence-corrected chi connectivity index (χ4v) is 2.99. The minimum Gasteiger partial charge on any atom is -0.490 e. The number of carbonyl (C=O) groups is 3. The Kier molecular flexibility index (Phi) is 5.51. The number of barbiturate groups is 1. The topological polar surface area (TPSA) is 75.7 Å². The average molecular weight is 399 g/mol. The molecule has 1 saturated heterocycles. The van der Waals surface area contributed by atoms with Crippen LogP contribution in [0.25, 0.3) is 6.08 Å². The van der Waals surface area contributed by atoms with Crippen LogP contribution in [0.3, 0.4) is 0 Å². The van der Waals surface area contributed by atoms with Gasteiger partial charge >= 0.3 is 6.03 Å². The van der Waals surface area contributed by atoms with Gasteiger partial charge in [-0.05, 0) is 62.7 Å². The van der Waals surface area contributed by atoms with Crippen LogP contribution < -0.4 is 15.0 Å². The van der Waals surface area contributed by atoms with Gasteiger partial charge in [0, 0.05) is 10.6 Å². The number of aryl methyl sites for hydroxylation is 1. The van der Waals surface area contributed by atoms with Crippen LogP contribution >= 0.6 is 11.6 Å². The number of nitrogens with one attached hydrogen (secondary N) is 1. The molecular weight excluding hydrogens is 380 g/mol. The summed E-state index contributed by atoms with van der Waals surface area (Å²) in [6, 6.07) is 11.0. The van der Waals surface area contributed by atoms with Gasteiger partial charge in [0.1, 0.15) is 11.3 Å². The lowest BCUT2D eigenvalue weighted by atomic mass is 10.1. The number of carbonyl (C=O) groups excluding carboxylic acids is 3. The van der Waals surface area contributed by atoms with Crippen LogP contribution in [0, 0.1) is 6.92 Å². The van der Waals surface area contributed by atoms with Gasteiger partial charge in [-0.25, -0.2) is 9.69 Å². The molecule has 4 amide bonds. The molecule has 0 spiro atoms. The second-order valence-electron chi connectivity index (χ2n) is 6.65. The molecule has 2 aromatic rings. The van der Waals surface area contributed by atoms with E-state index in [1.165, 1.54) is 6.08 Å². The fraction of sp³-hybridized carbons (Fsp3) is 0.190. The maximum absolute atomic E-state index is 13.0. The standard InChI is InChI=1S/C21H19ClN2O4/c1-12(2)28-18-8-7-15(22)10-14(18)11-17-19(25)23-21(27)24(20(17)26)16-6-4-5-13(3)9-16/h4-12H,1-3H3,(H,23,25,27)/b17-11+. The predicted octanol–water partition coefficient (Wildman–Crippen LogP) is 4.10. The Morgan fingerprint density at radius 3 is 2.54 bits per heavy atom. The van der Waals surface area contributed by atoms with Crippen LogP contribution in [-0.4, -0.2) is 23.9 Å². The van der Waals surface area contributed by atoms with E-state index in [1.54, 1.807) is 36.4 Å². The van der Waals surface area contributed by atoms with Crippen molar-refractivity contribution in [3.8, 4) is 5.75 Å². The molecule has 1 N–H and O–H groups in total. The quantitative estimate of drug-likeness (QED) is 0.621. The summed E-state index contributed by atoms with van der Waals surface area (Å²) in [5.41, 5.74) is 1.55. The first kappa shape index (κ1) is 19.6. The first-order valence-corrected chi connectivity index (χ1v) is 9.08. The van der Waals surface area contributed by atoms with E-state index < -0.39 is 17.8 Å². The molecule has 7 heteroatoms. The molecule has 28 heavy (non-hydrogen) atoms. The highest BCUT2D eigenvalue weighted by atomic mass is 35.5. The third-order valence-corrected chi connectivity index (χ3v) is 4.23. The number of halogens is 1. The number of nitrogens with zero attached hydrogens (tertiary/aromatic N) is 1. The third kappa shape index (κ3) is 4.07. The summed E-state index contributed by atoms with van der Waals surface area (Å²) >= 11 is 6.07. The van der Waals surface area contributed by atoms with Crippen molar-refractivity contribution in [3.63, 3.8) is 0 Å². The smallest absolute Gasteiger partial charge is 0.335 e. The van der Waals surface area contributed by atoms with Crippen molar-refractivity contribution in [2.45, 2.75) is 26.9 Å². The Bertz CT molecular complexity index is 998. The molecule has 2 aromatic carbocycles. The van der Waals surface area contributed by atoms with Crippen LogP contribution in [0.2, 0.25) is 5.02 Å². The first-order valence-electron chi connectivity index (χ1n) is 8.70. The lowest BCUT2D eigenvalue weighted by Gasteiger charge is -2.26. The maximum atomic E-state index is 13.0. The molecule has 6 nitrogen and oxygen atoms in total. The fourth-order valence-electron chi connectivity index (χ4n) is 2.81. The number of imide groups is 2. The molecule has 0 unspecified atom stereocenters. The molecule has 1 heterocycles. The molecule has 3 rings (SSSR count). The molecule has 0 saturated carbocycles. The van der Waals surface area contributed by atoms with Gasteiger partial charge in [0.2, 0.25) is 0 Å². The average Bonchev–Trinajstić information content (AvgIpc) is 2.60. The van der Waals surface area contributed by atoms with Crippen molar-refractivity contribution < 1.29 is 19.1 Å². The normalized spacial score (nSPS) is 16.0. The molecule has 0 aromatic heterocycles. The van der Waals surface area contributed by atoms with Gasteiger partial charge in [0.05, 0.1) is 11.8 Å². The van der Waals surface area contributed by atoms with Gasteiger partial charge in [-0.15, -0.1) is 0 Å². The summed E-state index contributed by atoms with van der Waals surface area (Å²) in [6.45, 7) is 5.57. The van der Waals surface area contributed by atoms with E-state index in [2.05, 4.69) is 5.32 Å². The minimum atomic E-state index is -0.789. The monoisotopic (exact) mass is 398 g/mol. The van der Waals surface area contributed by atoms with Crippen molar-refractivity contribution >= 4 is 41.2 Å². The van der Waals surface area contributed by atoms with Crippen molar-refractivity contribution in [2.24, 2.45) is 0 Å². The van der Waals surface area contributed by atoms with Gasteiger partial charge in [-0.3, -0.25) is 14.9 Å². The SMILES string of the molecule is Cc1cccc(N2C(=O)NC(=O)/C(=C\c3cc(Cl)ccc3OC(C)C)C2=O)c1. The molecule has 0 atom stereocenters. The van der Waals surface area contributed by atoms with Crippen molar-refractivity contribution in [1.82, 2.24) is 5.32 Å². The van der Waals surface area contributed by atoms with Gasteiger partial charge in [-0.2, -0.15) is 0 Å². The molecule has 144 valence electrons. The summed E-state index contributed by atoms with van der Waals surface area (Å²) in [4.78, 5) is 38.6. The molecular formula is C21H19ClN2O4. The Balaban J connectivity index is 2.06. The number of hydrogen-bond donors (Lipinski definition) is 1. The van der Waals surface area contributed by atoms with Gasteiger partial charge in [0.25, 0.3) is 11.8 Å². The number of rotatable bonds is 4. The lowest BCUT2D eigenvalue weighted by Crippen LogP contribution is -2.54. The molecule has 1 aliphatic heterocycles. The Labute approximate surface area is 167 Å². The summed E-state index contributed by atoms with van der Waals surface area (Å²) < 4.78 is 5.73. The number of amides is 4. The van der Waals surface area contributed by atoms with Crippen LogP contribution in [0.15, 0.2) is 48.0 Å². The molecule has 0 aliphatic carbocycles.